The fourth-order valence-electron chi connectivity index (χ4n) is 3.09. The normalized spacial score (nSPS) is 26.6. The van der Waals surface area contributed by atoms with Crippen molar-refractivity contribution < 1.29 is 4.79 Å². The molecule has 110 valence electrons. The van der Waals surface area contributed by atoms with Crippen molar-refractivity contribution in [3.63, 3.8) is 0 Å². The zero-order valence-electron chi connectivity index (χ0n) is 12.2. The highest BCUT2D eigenvalue weighted by atomic mass is 32.2. The van der Waals surface area contributed by atoms with Gasteiger partial charge in [0.15, 0.2) is 0 Å². The topological polar surface area (TPSA) is 23.6 Å². The first-order valence-electron chi connectivity index (χ1n) is 7.30. The molecule has 3 heterocycles. The summed E-state index contributed by atoms with van der Waals surface area (Å²) in [7, 11) is 4.23. The van der Waals surface area contributed by atoms with Crippen LogP contribution >= 0.6 is 23.1 Å². The molecule has 0 saturated carbocycles. The Labute approximate surface area is 129 Å². The van der Waals surface area contributed by atoms with E-state index in [0.717, 1.165) is 31.7 Å². The molecule has 2 aliphatic rings. The number of rotatable bonds is 2. The van der Waals surface area contributed by atoms with Crippen LogP contribution in [0.15, 0.2) is 11.4 Å². The van der Waals surface area contributed by atoms with E-state index in [-0.39, 0.29) is 5.25 Å². The van der Waals surface area contributed by atoms with Crippen LogP contribution in [0.4, 0.5) is 0 Å². The van der Waals surface area contributed by atoms with Crippen LogP contribution in [0.3, 0.4) is 0 Å². The third kappa shape index (κ3) is 2.76. The van der Waals surface area contributed by atoms with Gasteiger partial charge in [-0.3, -0.25) is 4.79 Å². The maximum absolute atomic E-state index is 12.9. The Bertz CT molecular complexity index is 486. The molecule has 1 aromatic heterocycles. The summed E-state index contributed by atoms with van der Waals surface area (Å²) in [5, 5.41) is 2.18. The van der Waals surface area contributed by atoms with Crippen LogP contribution in [0.1, 0.15) is 28.5 Å². The molecule has 1 saturated heterocycles. The number of thiophene rings is 1. The SMILES string of the molecule is CN(C)[C@H]1CCCN(C(=O)[C@@H]2SCCc3sccc32)C1. The van der Waals surface area contributed by atoms with Gasteiger partial charge in [-0.25, -0.2) is 0 Å². The minimum Gasteiger partial charge on any atom is -0.340 e. The highest BCUT2D eigenvalue weighted by molar-refractivity contribution is 8.00. The van der Waals surface area contributed by atoms with Crippen LogP contribution in [0, 0.1) is 0 Å². The summed E-state index contributed by atoms with van der Waals surface area (Å²) in [6.07, 6.45) is 3.46. The van der Waals surface area contributed by atoms with E-state index < -0.39 is 0 Å². The van der Waals surface area contributed by atoms with Gasteiger partial charge in [0, 0.05) is 24.0 Å². The number of amides is 1. The minimum absolute atomic E-state index is 0.0471. The molecule has 20 heavy (non-hydrogen) atoms. The van der Waals surface area contributed by atoms with Gasteiger partial charge in [-0.1, -0.05) is 0 Å². The zero-order chi connectivity index (χ0) is 14.1. The first-order valence-corrected chi connectivity index (χ1v) is 9.22. The summed E-state index contributed by atoms with van der Waals surface area (Å²) in [5.74, 6) is 1.41. The molecule has 0 N–H and O–H groups in total. The van der Waals surface area contributed by atoms with E-state index in [1.165, 1.54) is 16.9 Å². The van der Waals surface area contributed by atoms with Crippen molar-refractivity contribution in [2.45, 2.75) is 30.6 Å². The third-order valence-corrected chi connectivity index (χ3v) is 6.56. The van der Waals surface area contributed by atoms with E-state index in [0.29, 0.717) is 11.9 Å². The number of hydrogen-bond acceptors (Lipinski definition) is 4. The summed E-state index contributed by atoms with van der Waals surface area (Å²) < 4.78 is 0. The number of likely N-dealkylation sites (tertiary alicyclic amines) is 1. The Kier molecular flexibility index (Phi) is 4.38. The smallest absolute Gasteiger partial charge is 0.240 e. The molecule has 1 fully saturated rings. The van der Waals surface area contributed by atoms with Gasteiger partial charge in [0.1, 0.15) is 5.25 Å². The number of carbonyl (C=O) groups excluding carboxylic acids is 1. The molecular weight excluding hydrogens is 288 g/mol. The van der Waals surface area contributed by atoms with E-state index >= 15 is 0 Å². The first kappa shape index (κ1) is 14.4. The fraction of sp³-hybridized carbons (Fsp3) is 0.667. The third-order valence-electron chi connectivity index (χ3n) is 4.34. The lowest BCUT2D eigenvalue weighted by molar-refractivity contribution is -0.132. The molecule has 2 atom stereocenters. The average molecular weight is 310 g/mol. The molecule has 1 aromatic rings. The van der Waals surface area contributed by atoms with Crippen LogP contribution in [0.25, 0.3) is 0 Å². The van der Waals surface area contributed by atoms with Crippen LogP contribution in [-0.2, 0) is 11.2 Å². The summed E-state index contributed by atoms with van der Waals surface area (Å²) in [6.45, 7) is 1.82. The lowest BCUT2D eigenvalue weighted by Gasteiger charge is -2.38. The van der Waals surface area contributed by atoms with Crippen LogP contribution in [0.5, 0.6) is 0 Å². The Morgan fingerprint density at radius 1 is 1.45 bits per heavy atom. The fourth-order valence-corrected chi connectivity index (χ4v) is 5.47. The first-order chi connectivity index (χ1) is 9.66. The molecule has 0 spiro atoms. The van der Waals surface area contributed by atoms with Gasteiger partial charge in [-0.15, -0.1) is 23.1 Å². The summed E-state index contributed by atoms with van der Waals surface area (Å²) in [4.78, 5) is 18.6. The predicted octanol–water partition coefficient (Wildman–Crippen LogP) is 2.63. The van der Waals surface area contributed by atoms with E-state index in [2.05, 4.69) is 35.3 Å². The van der Waals surface area contributed by atoms with E-state index in [4.69, 9.17) is 0 Å². The van der Waals surface area contributed by atoms with Crippen molar-refractivity contribution in [1.82, 2.24) is 9.80 Å². The maximum atomic E-state index is 12.9. The molecular formula is C15H22N2OS2. The zero-order valence-corrected chi connectivity index (χ0v) is 13.8. The molecule has 5 heteroatoms. The Morgan fingerprint density at radius 2 is 2.30 bits per heavy atom. The number of thioether (sulfide) groups is 1. The number of carbonyl (C=O) groups is 1. The number of hydrogen-bond donors (Lipinski definition) is 0. The largest absolute Gasteiger partial charge is 0.340 e. The predicted molar refractivity (Wildman–Crippen MR) is 86.5 cm³/mol. The Morgan fingerprint density at radius 3 is 3.10 bits per heavy atom. The van der Waals surface area contributed by atoms with Gasteiger partial charge < -0.3 is 9.80 Å². The second-order valence-electron chi connectivity index (χ2n) is 5.84. The molecule has 0 bridgehead atoms. The second kappa shape index (κ2) is 6.08. The Hall–Kier alpha value is -0.520. The van der Waals surface area contributed by atoms with Gasteiger partial charge >= 0.3 is 0 Å². The van der Waals surface area contributed by atoms with Gasteiger partial charge in [0.2, 0.25) is 5.91 Å². The Balaban J connectivity index is 1.74. The van der Waals surface area contributed by atoms with Crippen LogP contribution in [0.2, 0.25) is 0 Å². The average Bonchev–Trinajstić information content (AvgIpc) is 2.95. The lowest BCUT2D eigenvalue weighted by atomic mass is 10.0. The summed E-state index contributed by atoms with van der Waals surface area (Å²) in [6, 6.07) is 2.67. The van der Waals surface area contributed by atoms with Crippen molar-refractivity contribution in [1.29, 1.82) is 0 Å². The van der Waals surface area contributed by atoms with Gasteiger partial charge in [0.25, 0.3) is 0 Å². The van der Waals surface area contributed by atoms with Crippen molar-refractivity contribution in [2.24, 2.45) is 0 Å². The number of likely N-dealkylation sites (N-methyl/N-ethyl adjacent to an activating group) is 1. The number of piperidine rings is 1. The van der Waals surface area contributed by atoms with E-state index in [1.54, 1.807) is 11.3 Å². The standard InChI is InChI=1S/C15H22N2OS2/c1-16(2)11-4-3-7-17(10-11)15(18)14-12-5-8-19-13(12)6-9-20-14/h5,8,11,14H,3-4,6-7,9-10H2,1-2H3/t11-,14+/m0/s1. The monoisotopic (exact) mass is 310 g/mol. The lowest BCUT2D eigenvalue weighted by Crippen LogP contribution is -2.48. The van der Waals surface area contributed by atoms with Crippen LogP contribution < -0.4 is 0 Å². The number of nitrogens with zero attached hydrogens (tertiary/aromatic N) is 2. The highest BCUT2D eigenvalue weighted by Gasteiger charge is 2.33. The van der Waals surface area contributed by atoms with E-state index in [9.17, 15) is 4.79 Å². The molecule has 0 aromatic carbocycles. The molecule has 0 radical (unpaired) electrons. The van der Waals surface area contributed by atoms with Crippen molar-refractivity contribution >= 4 is 29.0 Å². The van der Waals surface area contributed by atoms with Gasteiger partial charge in [-0.05, 0) is 56.1 Å². The minimum atomic E-state index is 0.0471. The molecule has 3 nitrogen and oxygen atoms in total. The summed E-state index contributed by atoms with van der Waals surface area (Å²) >= 11 is 3.63. The molecule has 0 aliphatic carbocycles. The van der Waals surface area contributed by atoms with Crippen LogP contribution in [-0.4, -0.2) is 54.7 Å². The number of aryl methyl sites for hydroxylation is 1. The molecule has 0 unspecified atom stereocenters. The highest BCUT2D eigenvalue weighted by Crippen LogP contribution is 2.40. The van der Waals surface area contributed by atoms with Gasteiger partial charge in [-0.2, -0.15) is 0 Å². The maximum Gasteiger partial charge on any atom is 0.240 e. The van der Waals surface area contributed by atoms with E-state index in [1.807, 2.05) is 11.8 Å². The molecule has 2 aliphatic heterocycles. The van der Waals surface area contributed by atoms with Gasteiger partial charge in [0.05, 0.1) is 0 Å². The quantitative estimate of drug-likeness (QED) is 0.839. The molecule has 1 amide bonds. The summed E-state index contributed by atoms with van der Waals surface area (Å²) in [5.41, 5.74) is 1.28. The second-order valence-corrected chi connectivity index (χ2v) is 8.06. The van der Waals surface area contributed by atoms with Crippen molar-refractivity contribution in [2.75, 3.05) is 32.9 Å². The van der Waals surface area contributed by atoms with Crippen molar-refractivity contribution in [3.8, 4) is 0 Å². The molecule has 3 rings (SSSR count). The number of fused-ring (bicyclic) bond motifs is 1. The van der Waals surface area contributed by atoms with Crippen molar-refractivity contribution in [3.05, 3.63) is 21.9 Å².